The van der Waals surface area contributed by atoms with E-state index in [-0.39, 0.29) is 16.3 Å². The number of nitrogens with two attached hydrogens (primary N) is 1. The molecule has 1 saturated carbocycles. The summed E-state index contributed by atoms with van der Waals surface area (Å²) in [5.41, 5.74) is 8.17. The molecule has 0 saturated heterocycles. The molecule has 190 valence electrons. The van der Waals surface area contributed by atoms with Crippen LogP contribution in [0.2, 0.25) is 4.34 Å². The number of hydrogen-bond donors (Lipinski definition) is 4. The van der Waals surface area contributed by atoms with Gasteiger partial charge in [-0.15, -0.1) is 0 Å². The Hall–Kier alpha value is -3.67. The van der Waals surface area contributed by atoms with Crippen LogP contribution >= 0.6 is 22.9 Å². The van der Waals surface area contributed by atoms with E-state index >= 15 is 0 Å². The lowest BCUT2D eigenvalue weighted by molar-refractivity contribution is 0.0417. The number of thiazole rings is 1. The molecule has 5 N–H and O–H groups in total. The van der Waals surface area contributed by atoms with Gasteiger partial charge in [-0.1, -0.05) is 35.1 Å². The van der Waals surface area contributed by atoms with Gasteiger partial charge in [-0.25, -0.2) is 14.4 Å². The van der Waals surface area contributed by atoms with Gasteiger partial charge in [0.05, 0.1) is 53.1 Å². The Balaban J connectivity index is 1.59. The van der Waals surface area contributed by atoms with Gasteiger partial charge in [0.2, 0.25) is 0 Å². The van der Waals surface area contributed by atoms with E-state index in [4.69, 9.17) is 22.7 Å². The van der Waals surface area contributed by atoms with Crippen molar-refractivity contribution in [1.29, 1.82) is 5.41 Å². The first-order valence-electron chi connectivity index (χ1n) is 11.6. The number of amides is 1. The number of fused-ring (bicyclic) bond motifs is 1. The van der Waals surface area contributed by atoms with Crippen LogP contribution in [-0.4, -0.2) is 48.9 Å². The summed E-state index contributed by atoms with van der Waals surface area (Å²) < 4.78 is 17.1. The summed E-state index contributed by atoms with van der Waals surface area (Å²) in [6, 6.07) is 6.93. The van der Waals surface area contributed by atoms with Crippen molar-refractivity contribution in [2.75, 3.05) is 0 Å². The van der Waals surface area contributed by atoms with Crippen molar-refractivity contribution >= 4 is 51.8 Å². The largest absolute Gasteiger partial charge is 0.397 e. The molecule has 3 heterocycles. The summed E-state index contributed by atoms with van der Waals surface area (Å²) in [6.07, 6.45) is 6.27. The van der Waals surface area contributed by atoms with Gasteiger partial charge < -0.3 is 26.1 Å². The van der Waals surface area contributed by atoms with Gasteiger partial charge in [-0.2, -0.15) is 0 Å². The van der Waals surface area contributed by atoms with Crippen LogP contribution in [0.5, 0.6) is 0 Å². The highest BCUT2D eigenvalue weighted by molar-refractivity contribution is 7.17. The Morgan fingerprint density at radius 2 is 2.11 bits per heavy atom. The summed E-state index contributed by atoms with van der Waals surface area (Å²) in [5, 5.41) is 21.9. The van der Waals surface area contributed by atoms with Crippen LogP contribution in [0.4, 0.5) is 4.39 Å². The molecule has 3 aromatic heterocycles. The Labute approximate surface area is 220 Å². The number of aliphatic hydroxyl groups excluding tert-OH is 1. The van der Waals surface area contributed by atoms with E-state index in [1.54, 1.807) is 28.8 Å². The first kappa shape index (κ1) is 25.0. The fraction of sp³-hybridized carbons (Fsp3) is 0.240. The third kappa shape index (κ3) is 4.85. The summed E-state index contributed by atoms with van der Waals surface area (Å²) in [7, 11) is 0. The minimum atomic E-state index is -0.998. The average Bonchev–Trinajstić information content (AvgIpc) is 3.49. The predicted octanol–water partition coefficient (Wildman–Crippen LogP) is 4.18. The van der Waals surface area contributed by atoms with Crippen LogP contribution < -0.4 is 11.1 Å². The average molecular weight is 540 g/mol. The van der Waals surface area contributed by atoms with Gasteiger partial charge in [0.25, 0.3) is 5.91 Å². The molecular formula is C25H23ClFN7O2S. The van der Waals surface area contributed by atoms with Crippen LogP contribution in [0.25, 0.3) is 28.1 Å². The number of aromatic nitrogens is 4. The van der Waals surface area contributed by atoms with Gasteiger partial charge >= 0.3 is 0 Å². The van der Waals surface area contributed by atoms with E-state index in [2.05, 4.69) is 20.3 Å². The number of nitrogens with zero attached hydrogens (tertiary/aromatic N) is 4. The van der Waals surface area contributed by atoms with Crippen molar-refractivity contribution < 1.29 is 14.3 Å². The molecule has 1 aromatic carbocycles. The third-order valence-corrected chi connectivity index (χ3v) is 7.50. The molecule has 5 rings (SSSR count). The normalized spacial score (nSPS) is 20.2. The van der Waals surface area contributed by atoms with E-state index < -0.39 is 29.9 Å². The fourth-order valence-corrected chi connectivity index (χ4v) is 5.50. The van der Waals surface area contributed by atoms with E-state index in [0.29, 0.717) is 46.2 Å². The molecule has 0 aliphatic heterocycles. The number of nitrogens with one attached hydrogen (secondary N) is 2. The van der Waals surface area contributed by atoms with Crippen molar-refractivity contribution in [3.8, 4) is 11.4 Å². The minimum absolute atomic E-state index is 0.212. The van der Waals surface area contributed by atoms with E-state index in [9.17, 15) is 14.3 Å². The zero-order valence-corrected chi connectivity index (χ0v) is 21.0. The molecule has 1 aliphatic carbocycles. The zero-order valence-electron chi connectivity index (χ0n) is 19.4. The van der Waals surface area contributed by atoms with Crippen molar-refractivity contribution in [1.82, 2.24) is 24.8 Å². The van der Waals surface area contributed by atoms with Gasteiger partial charge in [-0.05, 0) is 43.5 Å². The highest BCUT2D eigenvalue weighted by Crippen LogP contribution is 2.37. The molecule has 3 atom stereocenters. The number of carbonyl (C=O) groups excluding carboxylic acids is 1. The Morgan fingerprint density at radius 1 is 1.30 bits per heavy atom. The number of allylic oxidation sites excluding steroid dienone is 1. The number of rotatable bonds is 6. The van der Waals surface area contributed by atoms with Gasteiger partial charge in [0.15, 0.2) is 5.01 Å². The van der Waals surface area contributed by atoms with Crippen molar-refractivity contribution in [3.63, 3.8) is 0 Å². The summed E-state index contributed by atoms with van der Waals surface area (Å²) in [4.78, 5) is 25.8. The maximum atomic E-state index is 14.9. The van der Waals surface area contributed by atoms with Gasteiger partial charge in [0.1, 0.15) is 21.5 Å². The highest BCUT2D eigenvalue weighted by atomic mass is 35.5. The van der Waals surface area contributed by atoms with Crippen LogP contribution in [-0.2, 0) is 0 Å². The number of pyridine rings is 1. The Kier molecular flexibility index (Phi) is 7.00. The van der Waals surface area contributed by atoms with Crippen molar-refractivity contribution in [3.05, 3.63) is 69.7 Å². The molecule has 1 amide bonds. The van der Waals surface area contributed by atoms with Crippen LogP contribution in [0.1, 0.15) is 40.8 Å². The van der Waals surface area contributed by atoms with E-state index in [1.807, 2.05) is 0 Å². The Morgan fingerprint density at radius 3 is 2.84 bits per heavy atom. The molecule has 9 nitrogen and oxygen atoms in total. The number of imidazole rings is 1. The molecule has 0 unspecified atom stereocenters. The maximum absolute atomic E-state index is 14.9. The lowest BCUT2D eigenvalue weighted by Crippen LogP contribution is -2.49. The van der Waals surface area contributed by atoms with Gasteiger partial charge in [0, 0.05) is 6.21 Å². The second-order valence-electron chi connectivity index (χ2n) is 8.67. The molecule has 0 spiro atoms. The number of halogens is 2. The maximum Gasteiger partial charge on any atom is 0.280 e. The second-order valence-corrected chi connectivity index (χ2v) is 10.3. The van der Waals surface area contributed by atoms with Crippen molar-refractivity contribution in [2.24, 2.45) is 5.73 Å². The van der Waals surface area contributed by atoms with Crippen LogP contribution in [0.3, 0.4) is 0 Å². The molecule has 0 bridgehead atoms. The number of carbonyl (C=O) groups is 1. The number of benzene rings is 1. The van der Waals surface area contributed by atoms with Crippen molar-refractivity contribution in [2.45, 2.75) is 37.5 Å². The molecule has 12 heteroatoms. The molecule has 37 heavy (non-hydrogen) atoms. The fourth-order valence-electron chi connectivity index (χ4n) is 4.69. The van der Waals surface area contributed by atoms with Gasteiger partial charge in [-0.3, -0.25) is 9.78 Å². The van der Waals surface area contributed by atoms with E-state index in [1.165, 1.54) is 24.5 Å². The summed E-state index contributed by atoms with van der Waals surface area (Å²) in [6.45, 7) is 0. The van der Waals surface area contributed by atoms with Crippen LogP contribution in [0.15, 0.2) is 48.8 Å². The summed E-state index contributed by atoms with van der Waals surface area (Å²) in [5.74, 6) is -0.530. The molecule has 1 fully saturated rings. The third-order valence-electron chi connectivity index (χ3n) is 6.39. The molecular weight excluding hydrogens is 517 g/mol. The first-order chi connectivity index (χ1) is 17.9. The van der Waals surface area contributed by atoms with E-state index in [0.717, 1.165) is 17.6 Å². The monoisotopic (exact) mass is 539 g/mol. The molecule has 1 aliphatic rings. The molecule has 4 aromatic rings. The topological polar surface area (TPSA) is 143 Å². The summed E-state index contributed by atoms with van der Waals surface area (Å²) >= 11 is 6.98. The number of aliphatic hydroxyl groups is 1. The first-order valence-corrected chi connectivity index (χ1v) is 12.8. The predicted molar refractivity (Wildman–Crippen MR) is 141 cm³/mol. The zero-order chi connectivity index (χ0) is 26.1. The lowest BCUT2D eigenvalue weighted by atomic mass is 9.87. The lowest BCUT2D eigenvalue weighted by Gasteiger charge is -2.36. The Bertz CT molecular complexity index is 1520. The quantitative estimate of drug-likeness (QED) is 0.271. The van der Waals surface area contributed by atoms with Crippen LogP contribution in [0, 0.1) is 11.2 Å². The minimum Gasteiger partial charge on any atom is -0.397 e. The highest BCUT2D eigenvalue weighted by Gasteiger charge is 2.37. The second kappa shape index (κ2) is 10.4. The smallest absolute Gasteiger partial charge is 0.280 e. The number of hydrogen-bond acceptors (Lipinski definition) is 8. The molecule has 0 radical (unpaired) electrons. The standard InChI is InChI=1S/C25H23ClFN7O2S/c26-21-12-31-25(37-21)24(36)33-16-6-3-7-19(22(16)35)34-20-10-17(15(29)8-9-28)30-11-18(20)32-23(34)13-4-1-2-5-14(13)27/h1-2,4-5,8-12,16,19,22,28,35H,3,6-7,29H2,(H,33,36)/t16-,19+,22+/m0/s1. The SMILES string of the molecule is N=CC=C(N)c1cc2c(cn1)nc(-c1ccccc1F)n2[C@@H]1CCC[C@H](NC(=O)c2ncc(Cl)s2)[C@H]1O.